The minimum atomic E-state index is 0. The Morgan fingerprint density at radius 3 is 2.68 bits per heavy atom. The number of aliphatic imine (C=N–C) groups is 1. The first kappa shape index (κ1) is 24.9. The first-order valence-electron chi connectivity index (χ1n) is 10.0. The van der Waals surface area contributed by atoms with E-state index in [9.17, 15) is 0 Å². The second-order valence-electron chi connectivity index (χ2n) is 6.89. The summed E-state index contributed by atoms with van der Waals surface area (Å²) in [5.41, 5.74) is 1.11. The van der Waals surface area contributed by atoms with E-state index in [0.717, 1.165) is 63.4 Å². The highest BCUT2D eigenvalue weighted by Gasteiger charge is 2.19. The van der Waals surface area contributed by atoms with Crippen molar-refractivity contribution in [3.63, 3.8) is 0 Å². The van der Waals surface area contributed by atoms with Crippen molar-refractivity contribution < 1.29 is 9.47 Å². The molecule has 2 N–H and O–H groups in total. The zero-order valence-corrected chi connectivity index (χ0v) is 19.8. The van der Waals surface area contributed by atoms with Gasteiger partial charge in [-0.2, -0.15) is 0 Å². The number of ether oxygens (including phenoxy) is 2. The maximum Gasteiger partial charge on any atom is 0.213 e. The molecule has 0 saturated carbocycles. The third-order valence-corrected chi connectivity index (χ3v) is 4.69. The second kappa shape index (κ2) is 14.8. The Hall–Kier alpha value is -1.13. The lowest BCUT2D eigenvalue weighted by atomic mass is 10.1. The predicted molar refractivity (Wildman–Crippen MR) is 125 cm³/mol. The maximum atomic E-state index is 5.52. The van der Waals surface area contributed by atoms with Gasteiger partial charge in [-0.25, -0.2) is 4.98 Å². The van der Waals surface area contributed by atoms with Crippen LogP contribution in [0.15, 0.2) is 23.3 Å². The predicted octanol–water partition coefficient (Wildman–Crippen LogP) is 2.65. The summed E-state index contributed by atoms with van der Waals surface area (Å²) < 4.78 is 10.7. The Balaban J connectivity index is 0.00000392. The van der Waals surface area contributed by atoms with Gasteiger partial charge >= 0.3 is 0 Å². The minimum absolute atomic E-state index is 0. The van der Waals surface area contributed by atoms with E-state index < -0.39 is 0 Å². The Morgan fingerprint density at radius 1 is 1.29 bits per heavy atom. The molecule has 1 fully saturated rings. The van der Waals surface area contributed by atoms with Gasteiger partial charge in [0.15, 0.2) is 5.96 Å². The molecule has 0 aliphatic carbocycles. The molecular formula is C20H36IN5O2. The Bertz CT molecular complexity index is 548. The molecule has 2 heterocycles. The summed E-state index contributed by atoms with van der Waals surface area (Å²) in [5.74, 6) is 1.53. The Labute approximate surface area is 186 Å². The number of rotatable bonds is 10. The summed E-state index contributed by atoms with van der Waals surface area (Å²) in [6.07, 6.45) is 6.22. The van der Waals surface area contributed by atoms with Crippen LogP contribution in [0.4, 0.5) is 0 Å². The normalized spacial score (nSPS) is 15.8. The highest BCUT2D eigenvalue weighted by atomic mass is 127. The van der Waals surface area contributed by atoms with Gasteiger partial charge < -0.3 is 25.0 Å². The zero-order chi connectivity index (χ0) is 19.3. The number of aromatic nitrogens is 1. The van der Waals surface area contributed by atoms with Gasteiger partial charge in [-0.15, -0.1) is 24.0 Å². The van der Waals surface area contributed by atoms with Crippen LogP contribution in [-0.2, 0) is 11.3 Å². The SMILES string of the molecule is CCCOc1ccc(CNC(=NC)NC2CCN(CCCOC)CC2)cn1.I. The first-order valence-corrected chi connectivity index (χ1v) is 10.0. The monoisotopic (exact) mass is 505 g/mol. The molecule has 8 heteroatoms. The summed E-state index contributed by atoms with van der Waals surface area (Å²) >= 11 is 0. The van der Waals surface area contributed by atoms with Crippen LogP contribution in [-0.4, -0.2) is 68.9 Å². The molecule has 1 aliphatic rings. The van der Waals surface area contributed by atoms with Crippen molar-refractivity contribution in [1.82, 2.24) is 20.5 Å². The molecule has 7 nitrogen and oxygen atoms in total. The maximum absolute atomic E-state index is 5.52. The van der Waals surface area contributed by atoms with Gasteiger partial charge in [0.2, 0.25) is 5.88 Å². The molecule has 1 aliphatic heterocycles. The standard InChI is InChI=1S/C20H35N5O2.HI/c1-4-13-27-19-7-6-17(15-22-19)16-23-20(21-2)24-18-8-11-25(12-9-18)10-5-14-26-3;/h6-7,15,18H,4-5,8-14,16H2,1-3H3,(H2,21,23,24);1H. The number of piperidine rings is 1. The first-order chi connectivity index (χ1) is 13.2. The fourth-order valence-corrected chi connectivity index (χ4v) is 3.11. The molecule has 28 heavy (non-hydrogen) atoms. The Kier molecular flexibility index (Phi) is 13.2. The van der Waals surface area contributed by atoms with Crippen LogP contribution in [0.3, 0.4) is 0 Å². The smallest absolute Gasteiger partial charge is 0.213 e. The molecule has 0 spiro atoms. The van der Waals surface area contributed by atoms with Crippen molar-refractivity contribution in [2.75, 3.05) is 47.0 Å². The number of pyridine rings is 1. The molecule has 0 radical (unpaired) electrons. The summed E-state index contributed by atoms with van der Waals surface area (Å²) in [7, 11) is 3.58. The van der Waals surface area contributed by atoms with Gasteiger partial charge in [-0.3, -0.25) is 4.99 Å². The van der Waals surface area contributed by atoms with Gasteiger partial charge in [0.25, 0.3) is 0 Å². The molecule has 0 amide bonds. The summed E-state index contributed by atoms with van der Waals surface area (Å²) in [6.45, 7) is 7.70. The number of methoxy groups -OCH3 is 1. The van der Waals surface area contributed by atoms with Crippen LogP contribution < -0.4 is 15.4 Å². The van der Waals surface area contributed by atoms with Crippen molar-refractivity contribution >= 4 is 29.9 Å². The van der Waals surface area contributed by atoms with Crippen molar-refractivity contribution in [3.05, 3.63) is 23.9 Å². The number of hydrogen-bond acceptors (Lipinski definition) is 5. The summed E-state index contributed by atoms with van der Waals surface area (Å²) in [6, 6.07) is 4.43. The molecular weight excluding hydrogens is 469 g/mol. The average Bonchev–Trinajstić information content (AvgIpc) is 2.71. The number of hydrogen-bond donors (Lipinski definition) is 2. The molecule has 0 bridgehead atoms. The fraction of sp³-hybridized carbons (Fsp3) is 0.700. The van der Waals surface area contributed by atoms with E-state index in [1.807, 2.05) is 25.4 Å². The van der Waals surface area contributed by atoms with E-state index in [2.05, 4.69) is 32.4 Å². The van der Waals surface area contributed by atoms with Gasteiger partial charge in [0.1, 0.15) is 0 Å². The molecule has 160 valence electrons. The molecule has 1 aromatic heterocycles. The van der Waals surface area contributed by atoms with Crippen LogP contribution >= 0.6 is 24.0 Å². The van der Waals surface area contributed by atoms with E-state index >= 15 is 0 Å². The number of nitrogens with zero attached hydrogens (tertiary/aromatic N) is 3. The highest BCUT2D eigenvalue weighted by molar-refractivity contribution is 14.0. The van der Waals surface area contributed by atoms with Crippen LogP contribution in [0.2, 0.25) is 0 Å². The lowest BCUT2D eigenvalue weighted by Crippen LogP contribution is -2.48. The van der Waals surface area contributed by atoms with E-state index in [0.29, 0.717) is 25.1 Å². The average molecular weight is 505 g/mol. The molecule has 0 unspecified atom stereocenters. The van der Waals surface area contributed by atoms with Crippen LogP contribution in [0, 0.1) is 0 Å². The van der Waals surface area contributed by atoms with E-state index in [1.165, 1.54) is 0 Å². The molecule has 0 aromatic carbocycles. The van der Waals surface area contributed by atoms with Crippen molar-refractivity contribution in [2.45, 2.75) is 45.2 Å². The molecule has 2 rings (SSSR count). The lowest BCUT2D eigenvalue weighted by molar-refractivity contribution is 0.155. The third-order valence-electron chi connectivity index (χ3n) is 4.69. The number of nitrogens with one attached hydrogen (secondary N) is 2. The third kappa shape index (κ3) is 9.38. The quantitative estimate of drug-likeness (QED) is 0.221. The number of guanidine groups is 1. The van der Waals surface area contributed by atoms with Crippen molar-refractivity contribution in [2.24, 2.45) is 4.99 Å². The van der Waals surface area contributed by atoms with Gasteiger partial charge in [-0.1, -0.05) is 13.0 Å². The summed E-state index contributed by atoms with van der Waals surface area (Å²) in [5, 5.41) is 6.92. The summed E-state index contributed by atoms with van der Waals surface area (Å²) in [4.78, 5) is 11.2. The van der Waals surface area contributed by atoms with Gasteiger partial charge in [-0.05, 0) is 31.2 Å². The van der Waals surface area contributed by atoms with Crippen LogP contribution in [0.25, 0.3) is 0 Å². The fourth-order valence-electron chi connectivity index (χ4n) is 3.11. The number of likely N-dealkylation sites (tertiary alicyclic amines) is 1. The van der Waals surface area contributed by atoms with E-state index in [-0.39, 0.29) is 24.0 Å². The van der Waals surface area contributed by atoms with Crippen LogP contribution in [0.1, 0.15) is 38.2 Å². The number of halogens is 1. The van der Waals surface area contributed by atoms with Gasteiger partial charge in [0.05, 0.1) is 6.61 Å². The molecule has 0 atom stereocenters. The topological polar surface area (TPSA) is 71.0 Å². The molecule has 1 saturated heterocycles. The van der Waals surface area contributed by atoms with Crippen molar-refractivity contribution in [1.29, 1.82) is 0 Å². The largest absolute Gasteiger partial charge is 0.478 e. The van der Waals surface area contributed by atoms with Gasteiger partial charge in [0, 0.05) is 65.2 Å². The molecule has 1 aromatic rings. The lowest BCUT2D eigenvalue weighted by Gasteiger charge is -2.33. The zero-order valence-electron chi connectivity index (χ0n) is 17.4. The highest BCUT2D eigenvalue weighted by Crippen LogP contribution is 2.11. The van der Waals surface area contributed by atoms with Crippen LogP contribution in [0.5, 0.6) is 5.88 Å². The van der Waals surface area contributed by atoms with E-state index in [1.54, 1.807) is 7.11 Å². The van der Waals surface area contributed by atoms with Crippen molar-refractivity contribution in [3.8, 4) is 5.88 Å². The Morgan fingerprint density at radius 2 is 2.07 bits per heavy atom. The minimum Gasteiger partial charge on any atom is -0.478 e. The second-order valence-corrected chi connectivity index (χ2v) is 6.89. The van der Waals surface area contributed by atoms with E-state index in [4.69, 9.17) is 9.47 Å².